The van der Waals surface area contributed by atoms with E-state index in [1.165, 1.54) is 13.5 Å². The Balaban J connectivity index is 1.87. The van der Waals surface area contributed by atoms with Crippen LogP contribution in [0.15, 0.2) is 30.3 Å². The fourth-order valence-electron chi connectivity index (χ4n) is 5.32. The van der Waals surface area contributed by atoms with Crippen molar-refractivity contribution in [2.45, 2.75) is 102 Å². The molecule has 1 unspecified atom stereocenters. The molecule has 0 bridgehead atoms. The van der Waals surface area contributed by atoms with Crippen LogP contribution >= 0.6 is 0 Å². The Morgan fingerprint density at radius 3 is 2.18 bits per heavy atom. The molecule has 34 heavy (non-hydrogen) atoms. The molecular formula is C27H41N3O4. The molecular weight excluding hydrogens is 430 g/mol. The van der Waals surface area contributed by atoms with Gasteiger partial charge in [0.05, 0.1) is 13.5 Å². The Labute approximate surface area is 204 Å². The maximum absolute atomic E-state index is 13.9. The van der Waals surface area contributed by atoms with E-state index in [0.717, 1.165) is 63.4 Å². The van der Waals surface area contributed by atoms with Gasteiger partial charge >= 0.3 is 12.0 Å². The van der Waals surface area contributed by atoms with Gasteiger partial charge in [-0.05, 0) is 38.2 Å². The first-order chi connectivity index (χ1) is 16.5. The van der Waals surface area contributed by atoms with Gasteiger partial charge in [-0.15, -0.1) is 0 Å². The lowest BCUT2D eigenvalue weighted by molar-refractivity contribution is -0.148. The van der Waals surface area contributed by atoms with Crippen molar-refractivity contribution < 1.29 is 19.1 Å². The molecule has 2 aliphatic rings. The minimum absolute atomic E-state index is 0.0496. The second-order valence-electron chi connectivity index (χ2n) is 9.62. The van der Waals surface area contributed by atoms with Gasteiger partial charge in [0, 0.05) is 25.2 Å². The molecule has 7 heteroatoms. The number of ether oxygens (including phenoxy) is 1. The minimum atomic E-state index is -0.872. The Morgan fingerprint density at radius 2 is 1.59 bits per heavy atom. The molecule has 2 fully saturated rings. The summed E-state index contributed by atoms with van der Waals surface area (Å²) >= 11 is 0. The third kappa shape index (κ3) is 7.21. The number of benzene rings is 1. The first-order valence-electron chi connectivity index (χ1n) is 13.0. The summed E-state index contributed by atoms with van der Waals surface area (Å²) in [5, 5.41) is 3.21. The highest BCUT2D eigenvalue weighted by molar-refractivity contribution is 5.91. The van der Waals surface area contributed by atoms with Crippen molar-refractivity contribution in [3.63, 3.8) is 0 Å². The summed E-state index contributed by atoms with van der Waals surface area (Å²) in [6.45, 7) is 2.87. The summed E-state index contributed by atoms with van der Waals surface area (Å²) in [5.41, 5.74) is 1.02. The van der Waals surface area contributed by atoms with Crippen molar-refractivity contribution >= 4 is 17.9 Å². The molecule has 3 amide bonds. The van der Waals surface area contributed by atoms with Crippen LogP contribution in [0.5, 0.6) is 0 Å². The number of carbonyl (C=O) groups is 3. The average molecular weight is 472 g/mol. The maximum Gasteiger partial charge on any atom is 0.318 e. The number of urea groups is 1. The molecule has 7 nitrogen and oxygen atoms in total. The molecule has 2 saturated carbocycles. The highest BCUT2D eigenvalue weighted by Gasteiger charge is 2.39. The van der Waals surface area contributed by atoms with Crippen molar-refractivity contribution in [1.29, 1.82) is 0 Å². The number of hydrogen-bond acceptors (Lipinski definition) is 4. The van der Waals surface area contributed by atoms with Gasteiger partial charge in [0.2, 0.25) is 5.91 Å². The quantitative estimate of drug-likeness (QED) is 0.532. The largest absolute Gasteiger partial charge is 0.469 e. The molecule has 0 radical (unpaired) electrons. The summed E-state index contributed by atoms with van der Waals surface area (Å²) in [6.07, 6.45) is 10.1. The summed E-state index contributed by atoms with van der Waals surface area (Å²) in [6, 6.07) is 8.82. The average Bonchev–Trinajstić information content (AvgIpc) is 2.88. The molecule has 0 heterocycles. The molecule has 1 aromatic carbocycles. The van der Waals surface area contributed by atoms with E-state index in [1.807, 2.05) is 37.3 Å². The molecule has 2 aliphatic carbocycles. The Bertz CT molecular complexity index is 788. The first kappa shape index (κ1) is 26.0. The third-order valence-electron chi connectivity index (χ3n) is 7.25. The second kappa shape index (κ2) is 13.4. The van der Waals surface area contributed by atoms with Gasteiger partial charge in [-0.3, -0.25) is 9.59 Å². The van der Waals surface area contributed by atoms with Crippen LogP contribution in [0.3, 0.4) is 0 Å². The topological polar surface area (TPSA) is 79.0 Å². The minimum Gasteiger partial charge on any atom is -0.469 e. The van der Waals surface area contributed by atoms with Gasteiger partial charge in [0.1, 0.15) is 6.04 Å². The Morgan fingerprint density at radius 1 is 0.971 bits per heavy atom. The van der Waals surface area contributed by atoms with Crippen LogP contribution in [-0.4, -0.2) is 59.5 Å². The van der Waals surface area contributed by atoms with Crippen LogP contribution in [0.2, 0.25) is 0 Å². The summed E-state index contributed by atoms with van der Waals surface area (Å²) in [4.78, 5) is 43.5. The highest BCUT2D eigenvalue weighted by Crippen LogP contribution is 2.27. The maximum atomic E-state index is 13.9. The van der Waals surface area contributed by atoms with E-state index >= 15 is 0 Å². The van der Waals surface area contributed by atoms with Crippen molar-refractivity contribution in [2.75, 3.05) is 13.7 Å². The third-order valence-corrected chi connectivity index (χ3v) is 7.25. The number of methoxy groups -OCH3 is 1. The fourth-order valence-corrected chi connectivity index (χ4v) is 5.32. The lowest BCUT2D eigenvalue weighted by Crippen LogP contribution is -2.59. The van der Waals surface area contributed by atoms with Crippen molar-refractivity contribution in [2.24, 2.45) is 0 Å². The smallest absolute Gasteiger partial charge is 0.318 e. The highest BCUT2D eigenvalue weighted by atomic mass is 16.5. The van der Waals surface area contributed by atoms with Crippen LogP contribution in [-0.2, 0) is 20.9 Å². The van der Waals surface area contributed by atoms with Crippen LogP contribution < -0.4 is 5.32 Å². The van der Waals surface area contributed by atoms with Crippen molar-refractivity contribution in [1.82, 2.24) is 15.1 Å². The molecule has 1 atom stereocenters. The van der Waals surface area contributed by atoms with Crippen LogP contribution in [0.4, 0.5) is 4.79 Å². The zero-order chi connectivity index (χ0) is 24.3. The second-order valence-corrected chi connectivity index (χ2v) is 9.62. The summed E-state index contributed by atoms with van der Waals surface area (Å²) < 4.78 is 4.96. The van der Waals surface area contributed by atoms with Crippen molar-refractivity contribution in [3.8, 4) is 0 Å². The van der Waals surface area contributed by atoms with Gasteiger partial charge in [0.25, 0.3) is 0 Å². The lowest BCUT2D eigenvalue weighted by Gasteiger charge is -2.41. The number of rotatable bonds is 9. The van der Waals surface area contributed by atoms with Gasteiger partial charge < -0.3 is 19.9 Å². The number of nitrogens with zero attached hydrogens (tertiary/aromatic N) is 2. The van der Waals surface area contributed by atoms with Crippen LogP contribution in [0.25, 0.3) is 0 Å². The van der Waals surface area contributed by atoms with E-state index in [1.54, 1.807) is 9.80 Å². The van der Waals surface area contributed by atoms with E-state index in [-0.39, 0.29) is 30.4 Å². The monoisotopic (exact) mass is 471 g/mol. The number of amides is 3. The zero-order valence-electron chi connectivity index (χ0n) is 20.8. The molecule has 1 aromatic rings. The molecule has 0 aliphatic heterocycles. The standard InChI is InChI=1S/C27H41N3O4/c1-3-29(20-21-13-7-4-8-14-21)26(32)24(19-25(31)34-2)30(23-17-11-6-12-18-23)27(33)28-22-15-9-5-10-16-22/h4,7-8,13-14,22-24H,3,5-6,9-12,15-20H2,1-2H3,(H,28,33). The molecule has 0 spiro atoms. The van der Waals surface area contributed by atoms with Gasteiger partial charge in [0.15, 0.2) is 0 Å². The van der Waals surface area contributed by atoms with E-state index in [0.29, 0.717) is 13.1 Å². The molecule has 1 N–H and O–H groups in total. The summed E-state index contributed by atoms with van der Waals surface area (Å²) in [7, 11) is 1.33. The Hall–Kier alpha value is -2.57. The lowest BCUT2D eigenvalue weighted by atomic mass is 9.92. The fraction of sp³-hybridized carbons (Fsp3) is 0.667. The van der Waals surface area contributed by atoms with E-state index in [2.05, 4.69) is 5.32 Å². The normalized spacial score (nSPS) is 18.1. The molecule has 3 rings (SSSR count). The molecule has 0 saturated heterocycles. The number of likely N-dealkylation sites (N-methyl/N-ethyl adjacent to an activating group) is 1. The predicted molar refractivity (Wildman–Crippen MR) is 132 cm³/mol. The van der Waals surface area contributed by atoms with E-state index < -0.39 is 12.0 Å². The van der Waals surface area contributed by atoms with Crippen LogP contribution in [0.1, 0.15) is 83.1 Å². The van der Waals surface area contributed by atoms with E-state index in [4.69, 9.17) is 4.74 Å². The van der Waals surface area contributed by atoms with Crippen LogP contribution in [0, 0.1) is 0 Å². The van der Waals surface area contributed by atoms with Gasteiger partial charge in [-0.2, -0.15) is 0 Å². The SMILES string of the molecule is CCN(Cc1ccccc1)C(=O)C(CC(=O)OC)N(C(=O)NC1CCCCC1)C1CCCCC1. The molecule has 0 aromatic heterocycles. The number of esters is 1. The zero-order valence-corrected chi connectivity index (χ0v) is 20.8. The van der Waals surface area contributed by atoms with E-state index in [9.17, 15) is 14.4 Å². The summed E-state index contributed by atoms with van der Waals surface area (Å²) in [5.74, 6) is -0.665. The van der Waals surface area contributed by atoms with Gasteiger partial charge in [-0.25, -0.2) is 4.79 Å². The number of nitrogens with one attached hydrogen (secondary N) is 1. The van der Waals surface area contributed by atoms with Gasteiger partial charge in [-0.1, -0.05) is 68.9 Å². The number of hydrogen-bond donors (Lipinski definition) is 1. The number of carbonyl (C=O) groups excluding carboxylic acids is 3. The first-order valence-corrected chi connectivity index (χ1v) is 13.0. The predicted octanol–water partition coefficient (Wildman–Crippen LogP) is 4.64. The van der Waals surface area contributed by atoms with Crippen molar-refractivity contribution in [3.05, 3.63) is 35.9 Å². The molecule has 188 valence electrons. The Kier molecular flexibility index (Phi) is 10.2.